The van der Waals surface area contributed by atoms with E-state index in [9.17, 15) is 17.6 Å². The number of ether oxygens (including phenoxy) is 2. The second-order valence-electron chi connectivity index (χ2n) is 5.29. The summed E-state index contributed by atoms with van der Waals surface area (Å²) in [5, 5.41) is 2.30. The van der Waals surface area contributed by atoms with Crippen molar-refractivity contribution in [1.82, 2.24) is 4.98 Å². The van der Waals surface area contributed by atoms with Crippen LogP contribution in [0.4, 0.5) is 28.9 Å². The minimum Gasteiger partial charge on any atom is -0.491 e. The average molecular weight is 342 g/mol. The monoisotopic (exact) mass is 342 g/mol. The van der Waals surface area contributed by atoms with Gasteiger partial charge in [0.05, 0.1) is 6.10 Å². The lowest BCUT2D eigenvalue weighted by molar-refractivity contribution is 0.0679. The maximum Gasteiger partial charge on any atom is 0.253 e. The van der Waals surface area contributed by atoms with Crippen LogP contribution < -0.4 is 10.1 Å². The number of halogens is 4. The van der Waals surface area contributed by atoms with E-state index in [4.69, 9.17) is 9.47 Å². The van der Waals surface area contributed by atoms with Crippen molar-refractivity contribution in [3.8, 4) is 5.75 Å². The van der Waals surface area contributed by atoms with E-state index in [0.717, 1.165) is 19.4 Å². The molecular weight excluding hydrogens is 328 g/mol. The number of rotatable bonds is 5. The molecule has 24 heavy (non-hydrogen) atoms. The summed E-state index contributed by atoms with van der Waals surface area (Å²) in [5.41, 5.74) is -0.699. The van der Waals surface area contributed by atoms with E-state index in [1.807, 2.05) is 0 Å². The van der Waals surface area contributed by atoms with Crippen LogP contribution in [0.1, 0.15) is 12.8 Å². The van der Waals surface area contributed by atoms with Crippen LogP contribution in [0, 0.1) is 23.5 Å². The third-order valence-corrected chi connectivity index (χ3v) is 3.58. The number of hydrogen-bond donors (Lipinski definition) is 1. The first kappa shape index (κ1) is 16.5. The molecule has 1 unspecified atom stereocenters. The Kier molecular flexibility index (Phi) is 4.84. The van der Waals surface area contributed by atoms with Gasteiger partial charge in [-0.15, -0.1) is 0 Å². The summed E-state index contributed by atoms with van der Waals surface area (Å²) in [6.07, 6.45) is 2.01. The fraction of sp³-hybridized carbons (Fsp3) is 0.312. The van der Waals surface area contributed by atoms with Crippen molar-refractivity contribution in [1.29, 1.82) is 0 Å². The molecular formula is C16H14F4N2O2. The van der Waals surface area contributed by atoms with Gasteiger partial charge in [-0.25, -0.2) is 0 Å². The molecule has 0 radical (unpaired) electrons. The Morgan fingerprint density at radius 2 is 1.75 bits per heavy atom. The van der Waals surface area contributed by atoms with Crippen LogP contribution in [-0.4, -0.2) is 24.3 Å². The first-order chi connectivity index (χ1) is 11.5. The van der Waals surface area contributed by atoms with Crippen LogP contribution >= 0.6 is 0 Å². The number of aromatic nitrogens is 1. The van der Waals surface area contributed by atoms with Gasteiger partial charge in [0.1, 0.15) is 18.0 Å². The van der Waals surface area contributed by atoms with E-state index in [1.54, 1.807) is 12.1 Å². The van der Waals surface area contributed by atoms with Crippen LogP contribution in [0.15, 0.2) is 24.3 Å². The Labute approximate surface area is 135 Å². The van der Waals surface area contributed by atoms with Crippen LogP contribution in [0.25, 0.3) is 0 Å². The number of nitrogens with zero attached hydrogens (tertiary/aromatic N) is 1. The molecule has 2 aromatic rings. The van der Waals surface area contributed by atoms with E-state index >= 15 is 0 Å². The van der Waals surface area contributed by atoms with Crippen molar-refractivity contribution in [3.05, 3.63) is 47.8 Å². The highest BCUT2D eigenvalue weighted by Gasteiger charge is 2.21. The molecule has 1 aromatic heterocycles. The zero-order valence-electron chi connectivity index (χ0n) is 12.5. The molecule has 1 fully saturated rings. The van der Waals surface area contributed by atoms with Gasteiger partial charge in [-0.1, -0.05) is 0 Å². The SMILES string of the molecule is Fc1nc(F)c(F)c(Nc2ccc(OCC3CCCO3)cc2)c1F. The highest BCUT2D eigenvalue weighted by molar-refractivity contribution is 5.61. The van der Waals surface area contributed by atoms with Gasteiger partial charge in [0, 0.05) is 12.3 Å². The molecule has 0 amide bonds. The fourth-order valence-corrected chi connectivity index (χ4v) is 2.34. The molecule has 0 bridgehead atoms. The van der Waals surface area contributed by atoms with Crippen LogP contribution in [0.3, 0.4) is 0 Å². The Balaban J connectivity index is 1.68. The van der Waals surface area contributed by atoms with Gasteiger partial charge >= 0.3 is 0 Å². The first-order valence-corrected chi connectivity index (χ1v) is 7.36. The number of hydrogen-bond acceptors (Lipinski definition) is 4. The zero-order chi connectivity index (χ0) is 17.1. The highest BCUT2D eigenvalue weighted by Crippen LogP contribution is 2.27. The van der Waals surface area contributed by atoms with Gasteiger partial charge in [0.25, 0.3) is 11.9 Å². The molecule has 0 saturated carbocycles. The topological polar surface area (TPSA) is 43.4 Å². The van der Waals surface area contributed by atoms with Crippen molar-refractivity contribution in [3.63, 3.8) is 0 Å². The largest absolute Gasteiger partial charge is 0.491 e. The van der Waals surface area contributed by atoms with E-state index in [0.29, 0.717) is 12.4 Å². The van der Waals surface area contributed by atoms with Gasteiger partial charge < -0.3 is 14.8 Å². The summed E-state index contributed by atoms with van der Waals surface area (Å²) in [6, 6.07) is 6.09. The van der Waals surface area contributed by atoms with Crippen molar-refractivity contribution in [2.45, 2.75) is 18.9 Å². The van der Waals surface area contributed by atoms with Gasteiger partial charge in [-0.3, -0.25) is 0 Å². The molecule has 4 nitrogen and oxygen atoms in total. The summed E-state index contributed by atoms with van der Waals surface area (Å²) in [5.74, 6) is -6.06. The first-order valence-electron chi connectivity index (χ1n) is 7.36. The maximum atomic E-state index is 13.6. The third-order valence-electron chi connectivity index (χ3n) is 3.58. The Bertz CT molecular complexity index is 693. The minimum absolute atomic E-state index is 0.0637. The summed E-state index contributed by atoms with van der Waals surface area (Å²) in [6.45, 7) is 1.14. The lowest BCUT2D eigenvalue weighted by Gasteiger charge is -2.13. The second-order valence-corrected chi connectivity index (χ2v) is 5.29. The van der Waals surface area contributed by atoms with E-state index in [-0.39, 0.29) is 11.8 Å². The molecule has 2 heterocycles. The summed E-state index contributed by atoms with van der Waals surface area (Å²) in [7, 11) is 0. The van der Waals surface area contributed by atoms with Gasteiger partial charge in [0.15, 0.2) is 0 Å². The van der Waals surface area contributed by atoms with Crippen LogP contribution in [-0.2, 0) is 4.74 Å². The normalized spacial score (nSPS) is 17.1. The maximum absolute atomic E-state index is 13.6. The number of anilines is 2. The molecule has 8 heteroatoms. The fourth-order valence-electron chi connectivity index (χ4n) is 2.34. The summed E-state index contributed by atoms with van der Waals surface area (Å²) < 4.78 is 64.2. The standard InChI is InChI=1S/C16H14F4N2O2/c17-12-14(13(18)16(20)22-15(12)19)21-9-3-5-10(6-4-9)24-8-11-2-1-7-23-11/h3-6,11H,1-2,7-8H2,(H,21,22). The molecule has 1 saturated heterocycles. The zero-order valence-corrected chi connectivity index (χ0v) is 12.5. The Morgan fingerprint density at radius 1 is 1.08 bits per heavy atom. The second kappa shape index (κ2) is 7.04. The van der Waals surface area contributed by atoms with Gasteiger partial charge in [-0.2, -0.15) is 22.5 Å². The number of benzene rings is 1. The summed E-state index contributed by atoms with van der Waals surface area (Å²) in [4.78, 5) is 2.50. The molecule has 1 aliphatic rings. The predicted molar refractivity (Wildman–Crippen MR) is 78.3 cm³/mol. The summed E-state index contributed by atoms with van der Waals surface area (Å²) >= 11 is 0. The van der Waals surface area contributed by atoms with Gasteiger partial charge in [-0.05, 0) is 37.1 Å². The molecule has 1 atom stereocenters. The predicted octanol–water partition coefficient (Wildman–Crippen LogP) is 3.94. The average Bonchev–Trinajstić information content (AvgIpc) is 3.10. The van der Waals surface area contributed by atoms with Crippen LogP contribution in [0.2, 0.25) is 0 Å². The van der Waals surface area contributed by atoms with Crippen molar-refractivity contribution in [2.24, 2.45) is 0 Å². The molecule has 0 spiro atoms. The minimum atomic E-state index is -1.71. The molecule has 128 valence electrons. The lowest BCUT2D eigenvalue weighted by Crippen LogP contribution is -2.16. The van der Waals surface area contributed by atoms with E-state index in [2.05, 4.69) is 10.3 Å². The van der Waals surface area contributed by atoms with E-state index < -0.39 is 29.2 Å². The molecule has 1 aliphatic heterocycles. The van der Waals surface area contributed by atoms with Crippen LogP contribution in [0.5, 0.6) is 5.75 Å². The van der Waals surface area contributed by atoms with Crippen molar-refractivity contribution in [2.75, 3.05) is 18.5 Å². The molecule has 0 aliphatic carbocycles. The molecule has 3 rings (SSSR count). The van der Waals surface area contributed by atoms with Crippen molar-refractivity contribution >= 4 is 11.4 Å². The molecule has 1 N–H and O–H groups in total. The van der Waals surface area contributed by atoms with E-state index in [1.165, 1.54) is 12.1 Å². The highest BCUT2D eigenvalue weighted by atomic mass is 19.2. The van der Waals surface area contributed by atoms with Gasteiger partial charge in [0.2, 0.25) is 11.6 Å². The Hall–Kier alpha value is -2.35. The number of nitrogens with one attached hydrogen (secondary N) is 1. The smallest absolute Gasteiger partial charge is 0.253 e. The Morgan fingerprint density at radius 3 is 2.33 bits per heavy atom. The quantitative estimate of drug-likeness (QED) is 0.660. The number of pyridine rings is 1. The third kappa shape index (κ3) is 3.59. The lowest BCUT2D eigenvalue weighted by atomic mass is 10.2. The molecule has 1 aromatic carbocycles. The van der Waals surface area contributed by atoms with Crippen molar-refractivity contribution < 1.29 is 27.0 Å².